The number of hydrogen-bond donors (Lipinski definition) is 0. The standard InChI is InChI=1S/C26H32N2O2S2.C2H6/c1-3-9-23(10-4-1)29-19-8-15-27-17-21-31-25(27)13-7-14-26-28(18-22-32-26)16-20-30-24-11-5-2-6-12-24;1-2/h1-7,9-14,25H,8,15-22H2;1-2H3/b13-7+,26-14-;. The van der Waals surface area contributed by atoms with Gasteiger partial charge in [0.1, 0.15) is 18.1 Å². The lowest BCUT2D eigenvalue weighted by Gasteiger charge is -2.21. The highest BCUT2D eigenvalue weighted by atomic mass is 32.2. The van der Waals surface area contributed by atoms with Crippen molar-refractivity contribution in [2.75, 3.05) is 50.9 Å². The lowest BCUT2D eigenvalue weighted by molar-refractivity contribution is 0.254. The summed E-state index contributed by atoms with van der Waals surface area (Å²) in [5, 5.41) is 1.81. The van der Waals surface area contributed by atoms with Crippen molar-refractivity contribution < 1.29 is 9.47 Å². The van der Waals surface area contributed by atoms with Crippen molar-refractivity contribution >= 4 is 23.5 Å². The fourth-order valence-corrected chi connectivity index (χ4v) is 6.04. The summed E-state index contributed by atoms with van der Waals surface area (Å²) in [6.45, 7) is 9.72. The van der Waals surface area contributed by atoms with Gasteiger partial charge in [-0.2, -0.15) is 0 Å². The maximum Gasteiger partial charge on any atom is 0.119 e. The van der Waals surface area contributed by atoms with Gasteiger partial charge in [0.05, 0.1) is 23.6 Å². The molecule has 2 aromatic carbocycles. The molecule has 4 rings (SSSR count). The van der Waals surface area contributed by atoms with Crippen LogP contribution in [0, 0.1) is 0 Å². The highest BCUT2D eigenvalue weighted by Crippen LogP contribution is 2.29. The summed E-state index contributed by atoms with van der Waals surface area (Å²) in [6.07, 6.45) is 7.91. The molecule has 2 fully saturated rings. The first-order chi connectivity index (χ1) is 16.9. The van der Waals surface area contributed by atoms with Gasteiger partial charge in [-0.3, -0.25) is 4.90 Å². The number of benzene rings is 2. The number of rotatable bonds is 11. The molecule has 2 aliphatic rings. The van der Waals surface area contributed by atoms with Gasteiger partial charge in [-0.05, 0) is 36.8 Å². The Morgan fingerprint density at radius 3 is 2.24 bits per heavy atom. The first-order valence-corrected chi connectivity index (χ1v) is 14.4. The zero-order chi connectivity index (χ0) is 23.8. The van der Waals surface area contributed by atoms with E-state index in [0.717, 1.165) is 56.5 Å². The van der Waals surface area contributed by atoms with E-state index in [1.54, 1.807) is 0 Å². The molecule has 0 N–H and O–H groups in total. The number of ether oxygens (including phenoxy) is 2. The quantitative estimate of drug-likeness (QED) is 0.333. The summed E-state index contributed by atoms with van der Waals surface area (Å²) < 4.78 is 11.7. The Kier molecular flexibility index (Phi) is 12.4. The molecule has 34 heavy (non-hydrogen) atoms. The summed E-state index contributed by atoms with van der Waals surface area (Å²) >= 11 is 3.97. The zero-order valence-electron chi connectivity index (χ0n) is 20.5. The van der Waals surface area contributed by atoms with Gasteiger partial charge in [0.25, 0.3) is 0 Å². The molecule has 2 heterocycles. The van der Waals surface area contributed by atoms with Crippen molar-refractivity contribution in [2.24, 2.45) is 0 Å². The fraction of sp³-hybridized carbons (Fsp3) is 0.429. The first kappa shape index (κ1) is 26.6. The summed E-state index contributed by atoms with van der Waals surface area (Å²) in [5.41, 5.74) is 0. The summed E-state index contributed by atoms with van der Waals surface area (Å²) in [6, 6.07) is 20.1. The van der Waals surface area contributed by atoms with Crippen LogP contribution in [0.2, 0.25) is 0 Å². The van der Waals surface area contributed by atoms with E-state index in [4.69, 9.17) is 9.47 Å². The van der Waals surface area contributed by atoms with Crippen LogP contribution in [0.4, 0.5) is 0 Å². The van der Waals surface area contributed by atoms with Crippen LogP contribution in [0.25, 0.3) is 0 Å². The number of nitrogens with zero attached hydrogens (tertiary/aromatic N) is 2. The van der Waals surface area contributed by atoms with E-state index in [-0.39, 0.29) is 0 Å². The van der Waals surface area contributed by atoms with Crippen LogP contribution >= 0.6 is 23.5 Å². The highest BCUT2D eigenvalue weighted by molar-refractivity contribution is 8.03. The van der Waals surface area contributed by atoms with Crippen molar-refractivity contribution in [1.82, 2.24) is 9.80 Å². The van der Waals surface area contributed by atoms with Gasteiger partial charge in [0, 0.05) is 31.1 Å². The van der Waals surface area contributed by atoms with Crippen molar-refractivity contribution in [2.45, 2.75) is 25.6 Å². The van der Waals surface area contributed by atoms with Crippen molar-refractivity contribution in [3.63, 3.8) is 0 Å². The van der Waals surface area contributed by atoms with Gasteiger partial charge in [-0.15, -0.1) is 23.5 Å². The minimum absolute atomic E-state index is 0.463. The molecule has 0 spiro atoms. The third-order valence-corrected chi connectivity index (χ3v) is 7.73. The zero-order valence-corrected chi connectivity index (χ0v) is 22.1. The van der Waals surface area contributed by atoms with Crippen LogP contribution in [0.15, 0.2) is 83.9 Å². The van der Waals surface area contributed by atoms with Gasteiger partial charge in [0.2, 0.25) is 0 Å². The van der Waals surface area contributed by atoms with Crippen LogP contribution in [0.1, 0.15) is 20.3 Å². The van der Waals surface area contributed by atoms with Crippen molar-refractivity contribution in [3.8, 4) is 11.5 Å². The van der Waals surface area contributed by atoms with Crippen molar-refractivity contribution in [1.29, 1.82) is 0 Å². The Balaban J connectivity index is 0.00000158. The Morgan fingerprint density at radius 2 is 1.53 bits per heavy atom. The molecular formula is C28H38N2O2S2. The van der Waals surface area contributed by atoms with Crippen LogP contribution in [0.5, 0.6) is 11.5 Å². The number of hydrogen-bond acceptors (Lipinski definition) is 6. The normalized spacial score (nSPS) is 19.4. The Morgan fingerprint density at radius 1 is 0.853 bits per heavy atom. The van der Waals surface area contributed by atoms with Crippen LogP contribution in [-0.2, 0) is 0 Å². The average molecular weight is 499 g/mol. The number of para-hydroxylation sites is 2. The molecule has 0 radical (unpaired) electrons. The first-order valence-electron chi connectivity index (χ1n) is 12.4. The highest BCUT2D eigenvalue weighted by Gasteiger charge is 2.22. The molecule has 2 aromatic rings. The Hall–Kier alpha value is -2.02. The van der Waals surface area contributed by atoms with Gasteiger partial charge in [-0.25, -0.2) is 0 Å². The van der Waals surface area contributed by atoms with E-state index in [0.29, 0.717) is 12.0 Å². The van der Waals surface area contributed by atoms with Crippen LogP contribution in [0.3, 0.4) is 0 Å². The minimum Gasteiger partial charge on any atom is -0.494 e. The lowest BCUT2D eigenvalue weighted by atomic mass is 10.3. The molecule has 1 unspecified atom stereocenters. The lowest BCUT2D eigenvalue weighted by Crippen LogP contribution is -2.29. The van der Waals surface area contributed by atoms with E-state index in [1.807, 2.05) is 98.0 Å². The number of allylic oxidation sites excluding steroid dienone is 2. The van der Waals surface area contributed by atoms with Gasteiger partial charge in [-0.1, -0.05) is 62.4 Å². The molecule has 0 aliphatic carbocycles. The molecule has 6 heteroatoms. The Labute approximate surface area is 214 Å². The van der Waals surface area contributed by atoms with Gasteiger partial charge < -0.3 is 14.4 Å². The average Bonchev–Trinajstić information content (AvgIpc) is 3.54. The maximum atomic E-state index is 5.87. The van der Waals surface area contributed by atoms with E-state index in [1.165, 1.54) is 10.8 Å². The molecule has 0 saturated carbocycles. The third-order valence-electron chi connectivity index (χ3n) is 5.44. The molecule has 1 atom stereocenters. The molecule has 0 bridgehead atoms. The molecule has 0 amide bonds. The second kappa shape index (κ2) is 15.8. The molecule has 2 aliphatic heterocycles. The molecule has 4 nitrogen and oxygen atoms in total. The summed E-state index contributed by atoms with van der Waals surface area (Å²) in [5.74, 6) is 4.25. The van der Waals surface area contributed by atoms with E-state index >= 15 is 0 Å². The largest absolute Gasteiger partial charge is 0.494 e. The molecule has 0 aromatic heterocycles. The second-order valence-electron chi connectivity index (χ2n) is 7.70. The monoisotopic (exact) mass is 498 g/mol. The Bertz CT molecular complexity index is 861. The van der Waals surface area contributed by atoms with E-state index in [2.05, 4.69) is 28.0 Å². The molecule has 184 valence electrons. The second-order valence-corrected chi connectivity index (χ2v) is 10.0. The van der Waals surface area contributed by atoms with Crippen molar-refractivity contribution in [3.05, 3.63) is 83.9 Å². The smallest absolute Gasteiger partial charge is 0.119 e. The SMILES string of the molecule is C(/C=C/C1SCCN1CCCOc1ccccc1)=C1/SCCN1CCOc1ccccc1.CC. The van der Waals surface area contributed by atoms with Gasteiger partial charge in [0.15, 0.2) is 0 Å². The minimum atomic E-state index is 0.463. The summed E-state index contributed by atoms with van der Waals surface area (Å²) in [4.78, 5) is 4.99. The summed E-state index contributed by atoms with van der Waals surface area (Å²) in [7, 11) is 0. The predicted molar refractivity (Wildman–Crippen MR) is 149 cm³/mol. The topological polar surface area (TPSA) is 24.9 Å². The molecule has 2 saturated heterocycles. The molecular weight excluding hydrogens is 460 g/mol. The van der Waals surface area contributed by atoms with Gasteiger partial charge >= 0.3 is 0 Å². The third kappa shape index (κ3) is 8.97. The van der Waals surface area contributed by atoms with E-state index in [9.17, 15) is 0 Å². The maximum absolute atomic E-state index is 5.87. The van der Waals surface area contributed by atoms with Crippen LogP contribution in [-0.4, -0.2) is 66.1 Å². The number of thioether (sulfide) groups is 2. The van der Waals surface area contributed by atoms with Crippen LogP contribution < -0.4 is 9.47 Å². The van der Waals surface area contributed by atoms with E-state index < -0.39 is 0 Å². The fourth-order valence-electron chi connectivity index (χ4n) is 3.77. The predicted octanol–water partition coefficient (Wildman–Crippen LogP) is 6.38.